The molecule has 5 rings (SSSR count). The molecule has 4 N–H and O–H groups in total. The van der Waals surface area contributed by atoms with Gasteiger partial charge >= 0.3 is 0 Å². The summed E-state index contributed by atoms with van der Waals surface area (Å²) in [6.45, 7) is 0.667. The van der Waals surface area contributed by atoms with Crippen molar-refractivity contribution in [3.8, 4) is 0 Å². The second-order valence-electron chi connectivity index (χ2n) is 8.30. The van der Waals surface area contributed by atoms with Crippen molar-refractivity contribution >= 4 is 29.3 Å². The number of halogens is 1. The molecule has 0 aromatic heterocycles. The zero-order chi connectivity index (χ0) is 21.2. The molecule has 10 heteroatoms. The van der Waals surface area contributed by atoms with E-state index in [0.717, 1.165) is 17.7 Å². The summed E-state index contributed by atoms with van der Waals surface area (Å²) in [4.78, 5) is 52.6. The molecule has 4 aliphatic heterocycles. The van der Waals surface area contributed by atoms with Gasteiger partial charge < -0.3 is 15.8 Å². The maximum absolute atomic E-state index is 14.1. The molecule has 158 valence electrons. The molecule has 30 heavy (non-hydrogen) atoms. The van der Waals surface area contributed by atoms with E-state index in [9.17, 15) is 23.6 Å². The van der Waals surface area contributed by atoms with Gasteiger partial charge in [0, 0.05) is 30.3 Å². The number of amides is 4. The Kier molecular flexibility index (Phi) is 4.19. The van der Waals surface area contributed by atoms with Crippen molar-refractivity contribution in [2.24, 2.45) is 17.6 Å². The van der Waals surface area contributed by atoms with Crippen molar-refractivity contribution in [2.75, 3.05) is 18.5 Å². The van der Waals surface area contributed by atoms with E-state index in [1.165, 1.54) is 18.2 Å². The Labute approximate surface area is 171 Å². The van der Waals surface area contributed by atoms with Crippen LogP contribution >= 0.6 is 0 Å². The molecule has 0 radical (unpaired) electrons. The van der Waals surface area contributed by atoms with Crippen LogP contribution < -0.4 is 16.4 Å². The zero-order valence-electron chi connectivity index (χ0n) is 16.0. The third-order valence-electron chi connectivity index (χ3n) is 6.60. The fraction of sp³-hybridized carbons (Fsp3) is 0.500. The number of carbonyl (C=O) groups is 4. The smallest absolute Gasteiger partial charge is 0.250 e. The molecular formula is C20H21FN4O5. The molecule has 3 saturated heterocycles. The number of imide groups is 1. The third kappa shape index (κ3) is 2.53. The molecule has 5 atom stereocenters. The molecule has 4 heterocycles. The van der Waals surface area contributed by atoms with Gasteiger partial charge in [0.05, 0.1) is 24.5 Å². The highest BCUT2D eigenvalue weighted by molar-refractivity contribution is 6.15. The molecule has 4 amide bonds. The second-order valence-corrected chi connectivity index (χ2v) is 8.30. The third-order valence-corrected chi connectivity index (χ3v) is 6.60. The lowest BCUT2D eigenvalue weighted by atomic mass is 9.76. The maximum Gasteiger partial charge on any atom is 0.250 e. The summed E-state index contributed by atoms with van der Waals surface area (Å²) in [5, 5.41) is 5.70. The van der Waals surface area contributed by atoms with Crippen molar-refractivity contribution in [1.29, 1.82) is 0 Å². The normalized spacial score (nSPS) is 34.6. The first-order valence-corrected chi connectivity index (χ1v) is 9.97. The number of benzene rings is 1. The Bertz CT molecular complexity index is 978. The molecule has 9 nitrogen and oxygen atoms in total. The molecule has 1 spiro atoms. The number of fused-ring (bicyclic) bond motifs is 4. The van der Waals surface area contributed by atoms with E-state index in [0.29, 0.717) is 12.3 Å². The first-order valence-electron chi connectivity index (χ1n) is 9.97. The molecule has 4 aliphatic rings. The summed E-state index contributed by atoms with van der Waals surface area (Å²) in [5.74, 6) is -4.83. The van der Waals surface area contributed by atoms with Crippen molar-refractivity contribution in [2.45, 2.75) is 36.9 Å². The highest BCUT2D eigenvalue weighted by atomic mass is 19.1. The van der Waals surface area contributed by atoms with Crippen LogP contribution in [0.4, 0.5) is 10.1 Å². The van der Waals surface area contributed by atoms with Gasteiger partial charge in [-0.25, -0.2) is 4.39 Å². The monoisotopic (exact) mass is 416 g/mol. The first kappa shape index (κ1) is 19.1. The lowest BCUT2D eigenvalue weighted by molar-refractivity contribution is -0.144. The molecule has 0 aliphatic carbocycles. The van der Waals surface area contributed by atoms with Crippen LogP contribution in [-0.2, 0) is 29.5 Å². The predicted molar refractivity (Wildman–Crippen MR) is 100 cm³/mol. The number of carbonyl (C=O) groups excluding carboxylic acids is 4. The van der Waals surface area contributed by atoms with Gasteiger partial charge in [-0.2, -0.15) is 0 Å². The van der Waals surface area contributed by atoms with Gasteiger partial charge in [-0.15, -0.1) is 0 Å². The summed E-state index contributed by atoms with van der Waals surface area (Å²) < 4.78 is 19.6. The van der Waals surface area contributed by atoms with Gasteiger partial charge in [-0.05, 0) is 31.0 Å². The van der Waals surface area contributed by atoms with E-state index in [1.54, 1.807) is 0 Å². The molecular weight excluding hydrogens is 395 g/mol. The summed E-state index contributed by atoms with van der Waals surface area (Å²) in [6.07, 6.45) is 1.10. The first-order chi connectivity index (χ1) is 14.3. The molecule has 3 fully saturated rings. The predicted octanol–water partition coefficient (Wildman–Crippen LogP) is -0.400. The van der Waals surface area contributed by atoms with Gasteiger partial charge in [0.2, 0.25) is 23.6 Å². The molecule has 1 aromatic rings. The molecule has 0 bridgehead atoms. The lowest BCUT2D eigenvalue weighted by Gasteiger charge is -2.30. The standard InChI is InChI=1S/C20H21FN4O5/c21-9-3-4-12-11(6-9)20(19(29)23-12)16-15(13(24-20)7-14(22)26)17(27)25(18(16)28)8-10-2-1-5-30-10/h3-4,6,10,13,15-16,24H,1-2,5,7-8H2,(H2,22,26)(H,23,29)/t10-,13-,15-,16+,20+/m0/s1. The van der Waals surface area contributed by atoms with Crippen LogP contribution in [0.3, 0.4) is 0 Å². The SMILES string of the molecule is NC(=O)C[C@@H]1N[C@@]2(C(=O)Nc3ccc(F)cc32)[C@H]2C(=O)N(C[C@@H]3CCCO3)C(=O)[C@@H]12. The average molecular weight is 416 g/mol. The summed E-state index contributed by atoms with van der Waals surface area (Å²) >= 11 is 0. The van der Waals surface area contributed by atoms with Crippen molar-refractivity contribution in [3.63, 3.8) is 0 Å². The number of hydrogen-bond donors (Lipinski definition) is 3. The fourth-order valence-corrected chi connectivity index (χ4v) is 5.40. The number of likely N-dealkylation sites (tertiary alicyclic amines) is 1. The van der Waals surface area contributed by atoms with Crippen LogP contribution in [0.5, 0.6) is 0 Å². The number of anilines is 1. The topological polar surface area (TPSA) is 131 Å². The number of nitrogens with zero attached hydrogens (tertiary/aromatic N) is 1. The molecule has 0 saturated carbocycles. The van der Waals surface area contributed by atoms with E-state index in [-0.39, 0.29) is 24.6 Å². The van der Waals surface area contributed by atoms with Gasteiger partial charge in [0.25, 0.3) is 0 Å². The number of rotatable bonds is 4. The number of nitrogens with one attached hydrogen (secondary N) is 2. The van der Waals surface area contributed by atoms with Crippen LogP contribution in [0, 0.1) is 17.7 Å². The minimum absolute atomic E-state index is 0.0989. The van der Waals surface area contributed by atoms with Crippen LogP contribution in [0.1, 0.15) is 24.8 Å². The van der Waals surface area contributed by atoms with Gasteiger partial charge in [-0.3, -0.25) is 29.4 Å². The van der Waals surface area contributed by atoms with Crippen molar-refractivity contribution in [3.05, 3.63) is 29.6 Å². The van der Waals surface area contributed by atoms with E-state index >= 15 is 0 Å². The summed E-state index contributed by atoms with van der Waals surface area (Å²) in [6, 6.07) is 2.99. The second kappa shape index (κ2) is 6.58. The zero-order valence-corrected chi connectivity index (χ0v) is 16.0. The summed E-state index contributed by atoms with van der Waals surface area (Å²) in [5.41, 5.74) is 4.36. The lowest BCUT2D eigenvalue weighted by Crippen LogP contribution is -2.54. The highest BCUT2D eigenvalue weighted by Gasteiger charge is 2.70. The summed E-state index contributed by atoms with van der Waals surface area (Å²) in [7, 11) is 0. The van der Waals surface area contributed by atoms with Crippen LogP contribution in [-0.4, -0.2) is 53.8 Å². The number of primary amides is 1. The number of hydrogen-bond acceptors (Lipinski definition) is 6. The Morgan fingerprint density at radius 1 is 1.30 bits per heavy atom. The Morgan fingerprint density at radius 3 is 2.80 bits per heavy atom. The maximum atomic E-state index is 14.1. The van der Waals surface area contributed by atoms with Crippen molar-refractivity contribution in [1.82, 2.24) is 10.2 Å². The Hall–Kier alpha value is -2.85. The van der Waals surface area contributed by atoms with Crippen LogP contribution in [0.15, 0.2) is 18.2 Å². The van der Waals surface area contributed by atoms with Gasteiger partial charge in [0.15, 0.2) is 0 Å². The molecule has 0 unspecified atom stereocenters. The Morgan fingerprint density at radius 2 is 2.10 bits per heavy atom. The minimum Gasteiger partial charge on any atom is -0.376 e. The van der Waals surface area contributed by atoms with Gasteiger partial charge in [0.1, 0.15) is 11.4 Å². The molecule has 1 aromatic carbocycles. The number of nitrogens with two attached hydrogens (primary N) is 1. The van der Waals surface area contributed by atoms with E-state index < -0.39 is 52.9 Å². The van der Waals surface area contributed by atoms with Crippen LogP contribution in [0.2, 0.25) is 0 Å². The number of ether oxygens (including phenoxy) is 1. The van der Waals surface area contributed by atoms with Crippen LogP contribution in [0.25, 0.3) is 0 Å². The largest absolute Gasteiger partial charge is 0.376 e. The van der Waals surface area contributed by atoms with E-state index in [1.807, 2.05) is 0 Å². The van der Waals surface area contributed by atoms with E-state index in [2.05, 4.69) is 10.6 Å². The fourth-order valence-electron chi connectivity index (χ4n) is 5.40. The van der Waals surface area contributed by atoms with E-state index in [4.69, 9.17) is 10.5 Å². The van der Waals surface area contributed by atoms with Crippen molar-refractivity contribution < 1.29 is 28.3 Å². The quantitative estimate of drug-likeness (QED) is 0.573. The Balaban J connectivity index is 1.60. The average Bonchev–Trinajstić information content (AvgIpc) is 3.42. The van der Waals surface area contributed by atoms with Gasteiger partial charge in [-0.1, -0.05) is 0 Å². The minimum atomic E-state index is -1.64. The highest BCUT2D eigenvalue weighted by Crippen LogP contribution is 2.53.